The van der Waals surface area contributed by atoms with Gasteiger partial charge in [-0.15, -0.1) is 0 Å². The van der Waals surface area contributed by atoms with E-state index < -0.39 is 11.7 Å². The molecule has 0 N–H and O–H groups in total. The maximum absolute atomic E-state index is 12.8. The van der Waals surface area contributed by atoms with Gasteiger partial charge in [-0.2, -0.15) is 0 Å². The summed E-state index contributed by atoms with van der Waals surface area (Å²) in [6.45, 7) is 0. The zero-order valence-corrected chi connectivity index (χ0v) is 8.38. The van der Waals surface area contributed by atoms with Gasteiger partial charge in [0.1, 0.15) is 0 Å². The van der Waals surface area contributed by atoms with Crippen molar-refractivity contribution < 1.29 is 14.2 Å². The van der Waals surface area contributed by atoms with Crippen molar-refractivity contribution in [2.45, 2.75) is 0 Å². The molecule has 0 aliphatic heterocycles. The molecule has 0 amide bonds. The van der Waals surface area contributed by atoms with Gasteiger partial charge in [-0.1, -0.05) is 35.0 Å². The Bertz CT molecular complexity index is 511. The van der Waals surface area contributed by atoms with E-state index in [0.717, 1.165) is 10.9 Å². The summed E-state index contributed by atoms with van der Waals surface area (Å²) in [6, 6.07) is 11.4. The molecule has 16 heavy (non-hydrogen) atoms. The number of halogens is 1. The topological polar surface area (TPSA) is 39.3 Å². The molecule has 0 unspecified atom stereocenters. The molecule has 0 spiro atoms. The molecule has 0 aliphatic rings. The van der Waals surface area contributed by atoms with Gasteiger partial charge in [0, 0.05) is 6.07 Å². The minimum atomic E-state index is -0.438. The van der Waals surface area contributed by atoms with Crippen LogP contribution in [0.2, 0.25) is 0 Å². The summed E-state index contributed by atoms with van der Waals surface area (Å²) in [4.78, 5) is 0. The second-order valence-electron chi connectivity index (χ2n) is 3.17. The van der Waals surface area contributed by atoms with Crippen LogP contribution in [-0.4, -0.2) is 5.90 Å². The highest BCUT2D eigenvalue weighted by Crippen LogP contribution is 1.96. The first-order chi connectivity index (χ1) is 7.75. The summed E-state index contributed by atoms with van der Waals surface area (Å²) in [6.07, 6.45) is 2.64. The average Bonchev–Trinajstić information content (AvgIpc) is 2.30. The molecule has 3 nitrogen and oxygen atoms in total. The molecule has 0 atom stereocenters. The van der Waals surface area contributed by atoms with E-state index in [1.54, 1.807) is 24.3 Å². The van der Waals surface area contributed by atoms with E-state index >= 15 is 0 Å². The fourth-order valence-electron chi connectivity index (χ4n) is 1.24. The number of hydrogen-bond donors (Lipinski definition) is 0. The predicted octanol–water partition coefficient (Wildman–Crippen LogP) is 0.683. The zero-order chi connectivity index (χ0) is 11.4. The first-order valence-electron chi connectivity index (χ1n) is 4.74. The maximum atomic E-state index is 12.8. The number of aromatic nitrogens is 1. The molecule has 2 rings (SSSR count). The van der Waals surface area contributed by atoms with E-state index in [1.807, 2.05) is 6.07 Å². The van der Waals surface area contributed by atoms with Crippen LogP contribution in [0.4, 0.5) is 4.39 Å². The number of rotatable bonds is 2. The number of hydrogen-bond acceptors (Lipinski definition) is 2. The van der Waals surface area contributed by atoms with Gasteiger partial charge in [0.25, 0.3) is 0 Å². The van der Waals surface area contributed by atoms with Crippen molar-refractivity contribution in [3.63, 3.8) is 0 Å². The molecule has 0 saturated carbocycles. The summed E-state index contributed by atoms with van der Waals surface area (Å²) in [5.74, 6) is -0.844. The normalized spacial score (nSPS) is 11.4. The van der Waals surface area contributed by atoms with E-state index in [4.69, 9.17) is 0 Å². The standard InChI is InChI=1S/C12H9FN2O/c13-11-7-4-8-15(9-11)14-12(16)10-5-2-1-3-6-10/h1-9H. The van der Waals surface area contributed by atoms with Gasteiger partial charge in [0.05, 0.1) is 5.90 Å². The largest absolute Gasteiger partial charge is 0.854 e. The van der Waals surface area contributed by atoms with Crippen molar-refractivity contribution in [3.8, 4) is 0 Å². The molecule has 0 aliphatic carbocycles. The van der Waals surface area contributed by atoms with Gasteiger partial charge in [0.15, 0.2) is 5.82 Å². The van der Waals surface area contributed by atoms with Crippen LogP contribution in [0.1, 0.15) is 5.56 Å². The fraction of sp³-hybridized carbons (Fsp3) is 0. The molecular weight excluding hydrogens is 207 g/mol. The lowest BCUT2D eigenvalue weighted by Crippen LogP contribution is -2.33. The van der Waals surface area contributed by atoms with Crippen LogP contribution < -0.4 is 9.78 Å². The van der Waals surface area contributed by atoms with Crippen molar-refractivity contribution in [2.24, 2.45) is 5.10 Å². The number of nitrogens with zero attached hydrogens (tertiary/aromatic N) is 2. The van der Waals surface area contributed by atoms with Crippen LogP contribution in [0.3, 0.4) is 0 Å². The van der Waals surface area contributed by atoms with E-state index in [1.165, 1.54) is 18.3 Å². The lowest BCUT2D eigenvalue weighted by atomic mass is 10.2. The van der Waals surface area contributed by atoms with Crippen molar-refractivity contribution >= 4 is 5.90 Å². The summed E-state index contributed by atoms with van der Waals surface area (Å²) in [7, 11) is 0. The lowest BCUT2D eigenvalue weighted by molar-refractivity contribution is -0.682. The zero-order valence-electron chi connectivity index (χ0n) is 8.38. The Morgan fingerprint density at radius 3 is 2.56 bits per heavy atom. The van der Waals surface area contributed by atoms with Crippen molar-refractivity contribution in [1.82, 2.24) is 0 Å². The van der Waals surface area contributed by atoms with Crippen LogP contribution in [0.5, 0.6) is 0 Å². The van der Waals surface area contributed by atoms with Gasteiger partial charge in [-0.25, -0.2) is 4.39 Å². The minimum absolute atomic E-state index is 0.406. The highest BCUT2D eigenvalue weighted by atomic mass is 19.1. The first kappa shape index (κ1) is 10.3. The van der Waals surface area contributed by atoms with Crippen LogP contribution in [-0.2, 0) is 0 Å². The van der Waals surface area contributed by atoms with Crippen LogP contribution >= 0.6 is 0 Å². The van der Waals surface area contributed by atoms with Gasteiger partial charge >= 0.3 is 0 Å². The van der Waals surface area contributed by atoms with Crippen molar-refractivity contribution in [3.05, 3.63) is 66.2 Å². The van der Waals surface area contributed by atoms with Gasteiger partial charge in [-0.05, 0) is 16.7 Å². The molecule has 80 valence electrons. The molecule has 0 bridgehead atoms. The van der Waals surface area contributed by atoms with Crippen molar-refractivity contribution in [2.75, 3.05) is 0 Å². The quantitative estimate of drug-likeness (QED) is 0.413. The Morgan fingerprint density at radius 2 is 1.88 bits per heavy atom. The molecule has 0 radical (unpaired) electrons. The van der Waals surface area contributed by atoms with E-state index in [0.29, 0.717) is 5.56 Å². The summed E-state index contributed by atoms with van der Waals surface area (Å²) in [5, 5.41) is 15.3. The summed E-state index contributed by atoms with van der Waals surface area (Å²) >= 11 is 0. The average molecular weight is 216 g/mol. The van der Waals surface area contributed by atoms with E-state index in [2.05, 4.69) is 5.10 Å². The molecular formula is C12H9FN2O. The third kappa shape index (κ3) is 2.42. The predicted molar refractivity (Wildman–Crippen MR) is 55.0 cm³/mol. The Kier molecular flexibility index (Phi) is 2.91. The molecule has 0 fully saturated rings. The summed E-state index contributed by atoms with van der Waals surface area (Å²) < 4.78 is 14.0. The maximum Gasteiger partial charge on any atom is 0.237 e. The van der Waals surface area contributed by atoms with Crippen LogP contribution in [0.15, 0.2) is 60.0 Å². The summed E-state index contributed by atoms with van der Waals surface area (Å²) in [5.41, 5.74) is 0.472. The molecule has 2 aromatic rings. The number of pyridine rings is 1. The minimum Gasteiger partial charge on any atom is -0.854 e. The van der Waals surface area contributed by atoms with Gasteiger partial charge in [0.2, 0.25) is 12.4 Å². The highest BCUT2D eigenvalue weighted by Gasteiger charge is 2.00. The van der Waals surface area contributed by atoms with Crippen LogP contribution in [0.25, 0.3) is 0 Å². The fourth-order valence-corrected chi connectivity index (χ4v) is 1.24. The smallest absolute Gasteiger partial charge is 0.237 e. The molecule has 1 heterocycles. The third-order valence-corrected chi connectivity index (χ3v) is 1.98. The SMILES string of the molecule is [O-]/C(=N\[n+]1cccc(F)c1)c1ccccc1. The molecule has 1 aromatic carbocycles. The Balaban J connectivity index is 2.32. The van der Waals surface area contributed by atoms with Gasteiger partial charge in [-0.3, -0.25) is 0 Å². The Morgan fingerprint density at radius 1 is 1.12 bits per heavy atom. The lowest BCUT2D eigenvalue weighted by Gasteiger charge is -2.05. The third-order valence-electron chi connectivity index (χ3n) is 1.98. The molecule has 4 heteroatoms. The van der Waals surface area contributed by atoms with E-state index in [-0.39, 0.29) is 0 Å². The highest BCUT2D eigenvalue weighted by molar-refractivity contribution is 5.89. The Hall–Kier alpha value is -2.23. The van der Waals surface area contributed by atoms with Crippen molar-refractivity contribution in [1.29, 1.82) is 0 Å². The second kappa shape index (κ2) is 4.53. The van der Waals surface area contributed by atoms with Crippen LogP contribution in [0, 0.1) is 5.82 Å². The second-order valence-corrected chi connectivity index (χ2v) is 3.17. The first-order valence-corrected chi connectivity index (χ1v) is 4.74. The van der Waals surface area contributed by atoms with Gasteiger partial charge < -0.3 is 5.11 Å². The molecule has 0 saturated heterocycles. The Labute approximate surface area is 92.1 Å². The number of benzene rings is 1. The monoisotopic (exact) mass is 216 g/mol. The molecule has 1 aromatic heterocycles. The van der Waals surface area contributed by atoms with E-state index in [9.17, 15) is 9.50 Å².